The number of fused-ring (bicyclic) bond motifs is 1. The first kappa shape index (κ1) is 25.1. The van der Waals surface area contributed by atoms with Gasteiger partial charge in [-0.3, -0.25) is 0 Å². The molecule has 176 valence electrons. The molecule has 4 rings (SSSR count). The summed E-state index contributed by atoms with van der Waals surface area (Å²) in [4.78, 5) is 13.0. The van der Waals surface area contributed by atoms with Crippen LogP contribution in [0.15, 0.2) is 30.5 Å². The topological polar surface area (TPSA) is 35.1 Å². The lowest BCUT2D eigenvalue weighted by Gasteiger charge is -2.36. The van der Waals surface area contributed by atoms with E-state index >= 15 is 0 Å². The van der Waals surface area contributed by atoms with Crippen LogP contribution in [0.1, 0.15) is 65.1 Å². The van der Waals surface area contributed by atoms with Crippen LogP contribution in [0.5, 0.6) is 0 Å². The van der Waals surface area contributed by atoms with Crippen molar-refractivity contribution >= 4 is 17.6 Å². The maximum atomic E-state index is 13.0. The average Bonchev–Trinajstić information content (AvgIpc) is 2.89. The van der Waals surface area contributed by atoms with E-state index in [4.69, 9.17) is 16.3 Å². The van der Waals surface area contributed by atoms with Gasteiger partial charge in [0.15, 0.2) is 12.2 Å². The molecule has 2 aliphatic rings. The Balaban J connectivity index is 0.00000289. The second kappa shape index (κ2) is 11.1. The maximum absolute atomic E-state index is 13.0. The fourth-order valence-electron chi connectivity index (χ4n) is 5.43. The third-order valence-corrected chi connectivity index (χ3v) is 7.43. The Morgan fingerprint density at radius 2 is 1.94 bits per heavy atom. The van der Waals surface area contributed by atoms with Crippen LogP contribution in [-0.4, -0.2) is 16.6 Å². The second-order valence-corrected chi connectivity index (χ2v) is 10.3. The molecule has 1 aromatic heterocycles. The van der Waals surface area contributed by atoms with Crippen LogP contribution in [-0.2, 0) is 29.0 Å². The SMILES string of the molecule is CC(C)[C@@H]1CC[C@@H](C)C[C@H]1OC(=O)C[n+]1cc(-c2ccc(Cl)cc2)n2c1CCCCC2.[Cl-]. The molecule has 6 heteroatoms. The van der Waals surface area contributed by atoms with E-state index in [0.29, 0.717) is 24.3 Å². The molecule has 0 saturated heterocycles. The molecule has 2 aromatic rings. The highest BCUT2D eigenvalue weighted by atomic mass is 35.5. The minimum atomic E-state index is -0.102. The normalized spacial score (nSPS) is 23.2. The molecule has 1 aromatic carbocycles. The van der Waals surface area contributed by atoms with Crippen molar-refractivity contribution in [1.82, 2.24) is 4.57 Å². The predicted octanol–water partition coefficient (Wildman–Crippen LogP) is 2.83. The summed E-state index contributed by atoms with van der Waals surface area (Å²) < 4.78 is 10.6. The van der Waals surface area contributed by atoms with E-state index in [1.165, 1.54) is 25.1 Å². The number of aromatic nitrogens is 2. The molecule has 2 heterocycles. The van der Waals surface area contributed by atoms with Gasteiger partial charge in [0.25, 0.3) is 5.82 Å². The molecular formula is C26H36Cl2N2O2. The molecular weight excluding hydrogens is 443 g/mol. The van der Waals surface area contributed by atoms with E-state index in [0.717, 1.165) is 48.5 Å². The number of carbonyl (C=O) groups is 1. The molecule has 0 amide bonds. The highest BCUT2D eigenvalue weighted by Gasteiger charge is 2.34. The van der Waals surface area contributed by atoms with E-state index < -0.39 is 0 Å². The Morgan fingerprint density at radius 3 is 2.66 bits per heavy atom. The van der Waals surface area contributed by atoms with Crippen molar-refractivity contribution < 1.29 is 26.5 Å². The van der Waals surface area contributed by atoms with Crippen molar-refractivity contribution in [1.29, 1.82) is 0 Å². The van der Waals surface area contributed by atoms with Crippen molar-refractivity contribution in [2.24, 2.45) is 17.8 Å². The van der Waals surface area contributed by atoms with Gasteiger partial charge in [-0.05, 0) is 74.1 Å². The fraction of sp³-hybridized carbons (Fsp3) is 0.615. The van der Waals surface area contributed by atoms with Gasteiger partial charge in [-0.2, -0.15) is 0 Å². The van der Waals surface area contributed by atoms with Crippen molar-refractivity contribution in [3.05, 3.63) is 41.3 Å². The van der Waals surface area contributed by atoms with Crippen LogP contribution in [0.4, 0.5) is 0 Å². The van der Waals surface area contributed by atoms with Crippen LogP contribution in [0.25, 0.3) is 11.3 Å². The number of rotatable bonds is 5. The number of imidazole rings is 1. The first-order valence-electron chi connectivity index (χ1n) is 12.0. The van der Waals surface area contributed by atoms with Gasteiger partial charge < -0.3 is 17.1 Å². The zero-order valence-corrected chi connectivity index (χ0v) is 21.0. The number of halogens is 2. The van der Waals surface area contributed by atoms with Crippen LogP contribution < -0.4 is 17.0 Å². The number of ether oxygens (including phenoxy) is 1. The van der Waals surface area contributed by atoms with Crippen LogP contribution in [0.2, 0.25) is 5.02 Å². The van der Waals surface area contributed by atoms with Crippen molar-refractivity contribution in [2.75, 3.05) is 0 Å². The quantitative estimate of drug-likeness (QED) is 0.489. The van der Waals surface area contributed by atoms with Gasteiger partial charge >= 0.3 is 5.97 Å². The van der Waals surface area contributed by atoms with E-state index in [1.807, 2.05) is 12.1 Å². The zero-order valence-electron chi connectivity index (χ0n) is 19.5. The second-order valence-electron chi connectivity index (χ2n) is 9.88. The third kappa shape index (κ3) is 5.69. The van der Waals surface area contributed by atoms with E-state index in [1.54, 1.807) is 0 Å². The number of hydrogen-bond donors (Lipinski definition) is 0. The molecule has 1 aliphatic carbocycles. The van der Waals surface area contributed by atoms with Gasteiger partial charge in [-0.1, -0.05) is 38.8 Å². The summed E-state index contributed by atoms with van der Waals surface area (Å²) >= 11 is 6.11. The number of nitrogens with zero attached hydrogens (tertiary/aromatic N) is 2. The molecule has 32 heavy (non-hydrogen) atoms. The fourth-order valence-corrected chi connectivity index (χ4v) is 5.55. The summed E-state index contributed by atoms with van der Waals surface area (Å²) in [5.41, 5.74) is 2.30. The van der Waals surface area contributed by atoms with Crippen LogP contribution in [0.3, 0.4) is 0 Å². The molecule has 1 fully saturated rings. The van der Waals surface area contributed by atoms with Gasteiger partial charge in [0, 0.05) is 17.0 Å². The first-order chi connectivity index (χ1) is 14.9. The number of hydrogen-bond acceptors (Lipinski definition) is 2. The molecule has 0 unspecified atom stereocenters. The van der Waals surface area contributed by atoms with Crippen molar-refractivity contribution in [2.45, 2.75) is 84.9 Å². The Hall–Kier alpha value is -1.52. The van der Waals surface area contributed by atoms with Gasteiger partial charge in [0.2, 0.25) is 0 Å². The number of carbonyl (C=O) groups excluding carboxylic acids is 1. The first-order valence-corrected chi connectivity index (χ1v) is 12.4. The average molecular weight is 479 g/mol. The monoisotopic (exact) mass is 478 g/mol. The lowest BCUT2D eigenvalue weighted by molar-refractivity contribution is -0.692. The summed E-state index contributed by atoms with van der Waals surface area (Å²) in [6.07, 6.45) is 10.1. The van der Waals surface area contributed by atoms with Crippen LogP contribution in [0, 0.1) is 17.8 Å². The minimum Gasteiger partial charge on any atom is -1.00 e. The lowest BCUT2D eigenvalue weighted by atomic mass is 9.75. The largest absolute Gasteiger partial charge is 1.00 e. The molecule has 0 N–H and O–H groups in total. The Morgan fingerprint density at radius 1 is 1.19 bits per heavy atom. The van der Waals surface area contributed by atoms with Crippen LogP contribution >= 0.6 is 11.6 Å². The van der Waals surface area contributed by atoms with E-state index in [2.05, 4.69) is 48.2 Å². The molecule has 4 nitrogen and oxygen atoms in total. The summed E-state index contributed by atoms with van der Waals surface area (Å²) in [6, 6.07) is 8.00. The highest BCUT2D eigenvalue weighted by Crippen LogP contribution is 2.35. The minimum absolute atomic E-state index is 0. The number of benzene rings is 1. The predicted molar refractivity (Wildman–Crippen MR) is 124 cm³/mol. The van der Waals surface area contributed by atoms with E-state index in [-0.39, 0.29) is 24.5 Å². The Labute approximate surface area is 203 Å². The summed E-state index contributed by atoms with van der Waals surface area (Å²) in [5.74, 6) is 2.77. The van der Waals surface area contributed by atoms with E-state index in [9.17, 15) is 4.79 Å². The summed E-state index contributed by atoms with van der Waals surface area (Å²) in [5, 5.41) is 0.740. The van der Waals surface area contributed by atoms with Gasteiger partial charge in [0.1, 0.15) is 12.3 Å². The Kier molecular flexibility index (Phi) is 8.68. The van der Waals surface area contributed by atoms with Gasteiger partial charge in [0.05, 0.1) is 6.54 Å². The maximum Gasteiger partial charge on any atom is 0.348 e. The molecule has 3 atom stereocenters. The van der Waals surface area contributed by atoms with Gasteiger partial charge in [-0.25, -0.2) is 13.9 Å². The standard InChI is InChI=1S/C26H36ClN2O2.ClH/c1-18(2)22-13-8-19(3)15-24(22)31-26(30)17-28-16-23(20-9-11-21(27)12-10-20)29-14-6-4-5-7-25(28)29;/h9-12,16,18-19,22,24H,4-8,13-15,17H2,1-3H3;1H/q+1;/p-1/t19-,22+,24-;/m1./s1. The van der Waals surface area contributed by atoms with Crippen molar-refractivity contribution in [3.63, 3.8) is 0 Å². The third-order valence-electron chi connectivity index (χ3n) is 7.18. The number of esters is 1. The molecule has 1 saturated carbocycles. The molecule has 1 aliphatic heterocycles. The Bertz CT molecular complexity index is 907. The highest BCUT2D eigenvalue weighted by molar-refractivity contribution is 6.30. The summed E-state index contributed by atoms with van der Waals surface area (Å²) in [7, 11) is 0. The molecule has 0 radical (unpaired) electrons. The molecule has 0 spiro atoms. The molecule has 0 bridgehead atoms. The lowest BCUT2D eigenvalue weighted by Crippen LogP contribution is -3.00. The van der Waals surface area contributed by atoms with Crippen molar-refractivity contribution in [3.8, 4) is 11.3 Å². The summed E-state index contributed by atoms with van der Waals surface area (Å²) in [6.45, 7) is 8.06. The smallest absolute Gasteiger partial charge is 0.348 e. The zero-order chi connectivity index (χ0) is 22.0. The van der Waals surface area contributed by atoms with Gasteiger partial charge in [-0.15, -0.1) is 0 Å².